The van der Waals surface area contributed by atoms with Gasteiger partial charge in [-0.25, -0.2) is 9.97 Å². The first-order valence-corrected chi connectivity index (χ1v) is 10.5. The van der Waals surface area contributed by atoms with Crippen LogP contribution in [0, 0.1) is 11.3 Å². The van der Waals surface area contributed by atoms with Crippen molar-refractivity contribution in [1.82, 2.24) is 25.1 Å². The first-order chi connectivity index (χ1) is 13.8. The molecule has 154 valence electrons. The summed E-state index contributed by atoms with van der Waals surface area (Å²) in [6, 6.07) is 1.92. The van der Waals surface area contributed by atoms with Gasteiger partial charge in [-0.2, -0.15) is 5.10 Å². The van der Waals surface area contributed by atoms with E-state index in [1.165, 1.54) is 11.3 Å². The molecule has 4 rings (SSSR count). The number of aromatic amines is 2. The second-order valence-electron chi connectivity index (χ2n) is 8.93. The Bertz CT molecular complexity index is 1040. The van der Waals surface area contributed by atoms with Crippen molar-refractivity contribution in [3.05, 3.63) is 23.5 Å². The molecule has 7 heteroatoms. The van der Waals surface area contributed by atoms with Crippen molar-refractivity contribution in [3.8, 4) is 11.5 Å². The topological polar surface area (TPSA) is 90.6 Å². The fourth-order valence-corrected chi connectivity index (χ4v) is 4.26. The van der Waals surface area contributed by atoms with Crippen LogP contribution < -0.4 is 4.90 Å². The van der Waals surface area contributed by atoms with E-state index in [-0.39, 0.29) is 11.8 Å². The molecule has 3 heterocycles. The number of pyridine rings is 1. The van der Waals surface area contributed by atoms with E-state index in [4.69, 9.17) is 4.98 Å². The summed E-state index contributed by atoms with van der Waals surface area (Å²) in [6.07, 6.45) is 6.54. The molecule has 0 bridgehead atoms. The second kappa shape index (κ2) is 7.28. The van der Waals surface area contributed by atoms with E-state index in [2.05, 4.69) is 34.0 Å². The van der Waals surface area contributed by atoms with Gasteiger partial charge in [0, 0.05) is 24.2 Å². The van der Waals surface area contributed by atoms with Gasteiger partial charge in [0.1, 0.15) is 11.2 Å². The Morgan fingerprint density at radius 3 is 2.79 bits per heavy atom. The lowest BCUT2D eigenvalue weighted by atomic mass is 9.76. The largest absolute Gasteiger partial charge is 0.321 e. The number of aromatic nitrogens is 5. The van der Waals surface area contributed by atoms with Crippen LogP contribution in [0.5, 0.6) is 0 Å². The Balaban J connectivity index is 1.65. The van der Waals surface area contributed by atoms with Gasteiger partial charge in [0.25, 0.3) is 0 Å². The lowest BCUT2D eigenvalue weighted by Gasteiger charge is -2.28. The van der Waals surface area contributed by atoms with E-state index in [1.807, 2.05) is 27.0 Å². The summed E-state index contributed by atoms with van der Waals surface area (Å²) in [5.41, 5.74) is 5.86. The van der Waals surface area contributed by atoms with Crippen molar-refractivity contribution >= 4 is 22.8 Å². The molecule has 0 aromatic carbocycles. The molecule has 1 aliphatic rings. The molecule has 29 heavy (non-hydrogen) atoms. The molecule has 3 aromatic heterocycles. The minimum atomic E-state index is 0.0327. The predicted molar refractivity (Wildman–Crippen MR) is 115 cm³/mol. The zero-order valence-corrected chi connectivity index (χ0v) is 18.0. The molecule has 3 aromatic rings. The third kappa shape index (κ3) is 3.54. The van der Waals surface area contributed by atoms with Crippen LogP contribution in [-0.4, -0.2) is 38.1 Å². The molecule has 0 saturated carbocycles. The molecule has 0 unspecified atom stereocenters. The number of imidazole rings is 1. The summed E-state index contributed by atoms with van der Waals surface area (Å²) in [5.74, 6) is 0.886. The van der Waals surface area contributed by atoms with E-state index >= 15 is 0 Å². The van der Waals surface area contributed by atoms with Crippen LogP contribution in [0.15, 0.2) is 12.3 Å². The average Bonchev–Trinajstić information content (AvgIpc) is 3.29. The fourth-order valence-electron chi connectivity index (χ4n) is 4.26. The maximum Gasteiger partial charge on any atom is 0.229 e. The second-order valence-corrected chi connectivity index (χ2v) is 8.93. The monoisotopic (exact) mass is 394 g/mol. The quantitative estimate of drug-likeness (QED) is 0.676. The number of rotatable bonds is 5. The SMILES string of the molecule is CCC(CC)C(=O)N(C)c1cnc2[nH]c(-c3n[nH]c4c3CCC(C)(C)C4)nc2c1. The van der Waals surface area contributed by atoms with Gasteiger partial charge in [0.2, 0.25) is 5.91 Å². The number of H-pyrrole nitrogens is 2. The highest BCUT2D eigenvalue weighted by Crippen LogP contribution is 2.37. The van der Waals surface area contributed by atoms with Crippen LogP contribution in [0.2, 0.25) is 0 Å². The zero-order chi connectivity index (χ0) is 20.8. The third-order valence-corrected chi connectivity index (χ3v) is 6.26. The van der Waals surface area contributed by atoms with Crippen molar-refractivity contribution in [2.45, 2.75) is 59.8 Å². The van der Waals surface area contributed by atoms with Gasteiger partial charge in [-0.05, 0) is 43.6 Å². The van der Waals surface area contributed by atoms with Gasteiger partial charge in [-0.1, -0.05) is 27.7 Å². The predicted octanol–water partition coefficient (Wildman–Crippen LogP) is 4.26. The van der Waals surface area contributed by atoms with Gasteiger partial charge in [0.15, 0.2) is 11.5 Å². The molecule has 2 N–H and O–H groups in total. The van der Waals surface area contributed by atoms with E-state index in [9.17, 15) is 4.79 Å². The van der Waals surface area contributed by atoms with Crippen molar-refractivity contribution in [1.29, 1.82) is 0 Å². The minimum absolute atomic E-state index is 0.0327. The number of nitrogens with one attached hydrogen (secondary N) is 2. The van der Waals surface area contributed by atoms with Gasteiger partial charge in [0.05, 0.1) is 11.9 Å². The number of hydrogen-bond acceptors (Lipinski definition) is 4. The average molecular weight is 395 g/mol. The number of carbonyl (C=O) groups excluding carboxylic acids is 1. The fraction of sp³-hybridized carbons (Fsp3) is 0.545. The number of nitrogens with zero attached hydrogens (tertiary/aromatic N) is 4. The van der Waals surface area contributed by atoms with Crippen molar-refractivity contribution in [3.63, 3.8) is 0 Å². The van der Waals surface area contributed by atoms with Crippen molar-refractivity contribution in [2.24, 2.45) is 11.3 Å². The smallest absolute Gasteiger partial charge is 0.229 e. The molecule has 1 amide bonds. The molecule has 0 saturated heterocycles. The van der Waals surface area contributed by atoms with E-state index in [0.29, 0.717) is 11.1 Å². The Kier molecular flexibility index (Phi) is 4.92. The molecule has 0 radical (unpaired) electrons. The number of amides is 1. The number of hydrogen-bond donors (Lipinski definition) is 2. The molecule has 0 spiro atoms. The van der Waals surface area contributed by atoms with Crippen LogP contribution in [0.25, 0.3) is 22.7 Å². The van der Waals surface area contributed by atoms with Gasteiger partial charge < -0.3 is 9.88 Å². The lowest BCUT2D eigenvalue weighted by Crippen LogP contribution is -2.32. The summed E-state index contributed by atoms with van der Waals surface area (Å²) in [5, 5.41) is 7.76. The summed E-state index contributed by atoms with van der Waals surface area (Å²) in [6.45, 7) is 8.69. The summed E-state index contributed by atoms with van der Waals surface area (Å²) in [7, 11) is 1.81. The molecule has 1 aliphatic carbocycles. The Morgan fingerprint density at radius 1 is 1.31 bits per heavy atom. The highest BCUT2D eigenvalue weighted by molar-refractivity contribution is 5.95. The van der Waals surface area contributed by atoms with E-state index in [0.717, 1.165) is 54.8 Å². The van der Waals surface area contributed by atoms with Gasteiger partial charge in [-0.3, -0.25) is 9.89 Å². The van der Waals surface area contributed by atoms with E-state index in [1.54, 1.807) is 11.1 Å². The summed E-state index contributed by atoms with van der Waals surface area (Å²) in [4.78, 5) is 27.0. The number of anilines is 1. The van der Waals surface area contributed by atoms with Crippen LogP contribution in [0.4, 0.5) is 5.69 Å². The minimum Gasteiger partial charge on any atom is -0.321 e. The van der Waals surface area contributed by atoms with Crippen LogP contribution in [-0.2, 0) is 17.6 Å². The maximum atomic E-state index is 12.7. The third-order valence-electron chi connectivity index (χ3n) is 6.26. The van der Waals surface area contributed by atoms with Crippen LogP contribution in [0.1, 0.15) is 58.2 Å². The molecular formula is C22H30N6O. The van der Waals surface area contributed by atoms with Crippen molar-refractivity contribution in [2.75, 3.05) is 11.9 Å². The summed E-state index contributed by atoms with van der Waals surface area (Å²) < 4.78 is 0. The molecular weight excluding hydrogens is 364 g/mol. The lowest BCUT2D eigenvalue weighted by molar-refractivity contribution is -0.122. The van der Waals surface area contributed by atoms with Gasteiger partial charge in [-0.15, -0.1) is 0 Å². The Labute approximate surface area is 171 Å². The van der Waals surface area contributed by atoms with Crippen molar-refractivity contribution < 1.29 is 4.79 Å². The molecule has 7 nitrogen and oxygen atoms in total. The zero-order valence-electron chi connectivity index (χ0n) is 18.0. The first kappa shape index (κ1) is 19.6. The van der Waals surface area contributed by atoms with Gasteiger partial charge >= 0.3 is 0 Å². The standard InChI is InChI=1S/C22H30N6O/c1-6-13(7-2)21(29)28(5)14-10-16-19(23-12-14)25-20(24-16)18-15-8-9-22(3,4)11-17(15)26-27-18/h10,12-13H,6-9,11H2,1-5H3,(H,26,27)(H,23,24,25). The van der Waals surface area contributed by atoms with Crippen LogP contribution >= 0.6 is 0 Å². The first-order valence-electron chi connectivity index (χ1n) is 10.5. The molecule has 0 atom stereocenters. The molecule has 0 aliphatic heterocycles. The Morgan fingerprint density at radius 2 is 2.07 bits per heavy atom. The maximum absolute atomic E-state index is 12.7. The van der Waals surface area contributed by atoms with E-state index < -0.39 is 0 Å². The summed E-state index contributed by atoms with van der Waals surface area (Å²) >= 11 is 0. The highest BCUT2D eigenvalue weighted by atomic mass is 16.2. The normalized spacial score (nSPS) is 15.7. The Hall–Kier alpha value is -2.70. The number of fused-ring (bicyclic) bond motifs is 2. The number of carbonyl (C=O) groups is 1. The highest BCUT2D eigenvalue weighted by Gasteiger charge is 2.30. The van der Waals surface area contributed by atoms with Crippen LogP contribution in [0.3, 0.4) is 0 Å². The molecule has 0 fully saturated rings.